The van der Waals surface area contributed by atoms with Gasteiger partial charge in [-0.05, 0) is 35.8 Å². The smallest absolute Gasteiger partial charge is 0.222 e. The molecule has 0 spiro atoms. The second kappa shape index (κ2) is 6.95. The van der Waals surface area contributed by atoms with E-state index in [1.807, 2.05) is 11.8 Å². The highest BCUT2D eigenvalue weighted by Gasteiger charge is 2.24. The summed E-state index contributed by atoms with van der Waals surface area (Å²) in [4.78, 5) is 24.8. The van der Waals surface area contributed by atoms with Crippen LogP contribution in [0.15, 0.2) is 30.6 Å². The molecule has 0 unspecified atom stereocenters. The van der Waals surface area contributed by atoms with Gasteiger partial charge >= 0.3 is 0 Å². The molecule has 0 bridgehead atoms. The summed E-state index contributed by atoms with van der Waals surface area (Å²) in [6, 6.07) is 6.26. The van der Waals surface area contributed by atoms with Gasteiger partial charge in [0.1, 0.15) is 28.1 Å². The third-order valence-corrected chi connectivity index (χ3v) is 5.42. The highest BCUT2D eigenvalue weighted by atomic mass is 32.1. The summed E-state index contributed by atoms with van der Waals surface area (Å²) in [5.41, 5.74) is 2.35. The van der Waals surface area contributed by atoms with E-state index >= 15 is 0 Å². The van der Waals surface area contributed by atoms with Crippen LogP contribution in [-0.4, -0.2) is 51.3 Å². The van der Waals surface area contributed by atoms with Crippen molar-refractivity contribution < 1.29 is 9.18 Å². The summed E-state index contributed by atoms with van der Waals surface area (Å²) < 4.78 is 18.6. The second-order valence-electron chi connectivity index (χ2n) is 6.13. The van der Waals surface area contributed by atoms with E-state index in [9.17, 15) is 9.18 Å². The number of halogens is 1. The Bertz CT molecular complexity index is 934. The molecule has 0 radical (unpaired) electrons. The van der Waals surface area contributed by atoms with Crippen LogP contribution in [0.5, 0.6) is 0 Å². The lowest BCUT2D eigenvalue weighted by molar-refractivity contribution is -0.131. The SMILES string of the molecule is CCC(=O)N1CCN(c2ncnc3c(-c4ccc(F)cc4)nsc23)CC1. The summed E-state index contributed by atoms with van der Waals surface area (Å²) in [6.07, 6.45) is 2.08. The van der Waals surface area contributed by atoms with Crippen LogP contribution in [0.3, 0.4) is 0 Å². The van der Waals surface area contributed by atoms with Crippen LogP contribution in [0.2, 0.25) is 0 Å². The van der Waals surface area contributed by atoms with Gasteiger partial charge in [0.25, 0.3) is 0 Å². The van der Waals surface area contributed by atoms with Crippen LogP contribution in [0.25, 0.3) is 21.5 Å². The number of carbonyl (C=O) groups is 1. The minimum atomic E-state index is -0.275. The van der Waals surface area contributed by atoms with Crippen molar-refractivity contribution in [2.75, 3.05) is 31.1 Å². The van der Waals surface area contributed by atoms with Gasteiger partial charge in [0.2, 0.25) is 5.91 Å². The number of rotatable bonds is 3. The van der Waals surface area contributed by atoms with Gasteiger partial charge in [-0.15, -0.1) is 0 Å². The van der Waals surface area contributed by atoms with Gasteiger partial charge in [-0.3, -0.25) is 4.79 Å². The van der Waals surface area contributed by atoms with Crippen LogP contribution in [0.1, 0.15) is 13.3 Å². The molecule has 26 heavy (non-hydrogen) atoms. The van der Waals surface area contributed by atoms with Crippen molar-refractivity contribution in [1.82, 2.24) is 19.2 Å². The zero-order valence-corrected chi connectivity index (χ0v) is 15.2. The monoisotopic (exact) mass is 371 g/mol. The molecule has 1 aliphatic heterocycles. The third-order valence-electron chi connectivity index (χ3n) is 4.59. The summed E-state index contributed by atoms with van der Waals surface area (Å²) >= 11 is 1.35. The molecule has 8 heteroatoms. The molecule has 1 fully saturated rings. The number of carbonyl (C=O) groups excluding carboxylic acids is 1. The number of hydrogen-bond donors (Lipinski definition) is 0. The van der Waals surface area contributed by atoms with Crippen LogP contribution >= 0.6 is 11.5 Å². The first kappa shape index (κ1) is 16.8. The van der Waals surface area contributed by atoms with Crippen LogP contribution < -0.4 is 4.90 Å². The fourth-order valence-electron chi connectivity index (χ4n) is 3.17. The van der Waals surface area contributed by atoms with Crippen LogP contribution in [-0.2, 0) is 4.79 Å². The van der Waals surface area contributed by atoms with Gasteiger partial charge in [-0.1, -0.05) is 6.92 Å². The molecular formula is C18H18FN5OS. The number of nitrogens with zero attached hydrogens (tertiary/aromatic N) is 5. The van der Waals surface area contributed by atoms with E-state index in [4.69, 9.17) is 0 Å². The van der Waals surface area contributed by atoms with E-state index in [-0.39, 0.29) is 11.7 Å². The molecule has 134 valence electrons. The molecule has 1 aliphatic rings. The number of aromatic nitrogens is 3. The molecule has 1 aromatic carbocycles. The minimum Gasteiger partial charge on any atom is -0.352 e. The molecule has 1 saturated heterocycles. The van der Waals surface area contributed by atoms with Crippen molar-refractivity contribution in [3.8, 4) is 11.3 Å². The lowest BCUT2D eigenvalue weighted by atomic mass is 10.1. The molecule has 3 aromatic rings. The predicted octanol–water partition coefficient (Wildman–Crippen LogP) is 2.95. The number of piperazine rings is 1. The van der Waals surface area contributed by atoms with Gasteiger partial charge < -0.3 is 9.80 Å². The number of fused-ring (bicyclic) bond motifs is 1. The van der Waals surface area contributed by atoms with Gasteiger partial charge in [-0.25, -0.2) is 14.4 Å². The van der Waals surface area contributed by atoms with Gasteiger partial charge in [0.15, 0.2) is 5.82 Å². The zero-order chi connectivity index (χ0) is 18.1. The summed E-state index contributed by atoms with van der Waals surface area (Å²) in [6.45, 7) is 4.75. The first-order valence-electron chi connectivity index (χ1n) is 8.56. The summed E-state index contributed by atoms with van der Waals surface area (Å²) in [5.74, 6) is 0.765. The Labute approximate surface area is 154 Å². The van der Waals surface area contributed by atoms with Crippen molar-refractivity contribution >= 4 is 33.5 Å². The molecular weight excluding hydrogens is 353 g/mol. The standard InChI is InChI=1S/C18H18FN5OS/c1-2-14(25)23-7-9-24(10-8-23)18-17-16(20-11-21-18)15(22-26-17)12-3-5-13(19)6-4-12/h3-6,11H,2,7-10H2,1H3. The van der Waals surface area contributed by atoms with Gasteiger partial charge in [0, 0.05) is 38.2 Å². The van der Waals surface area contributed by atoms with Crippen LogP contribution in [0.4, 0.5) is 10.2 Å². The van der Waals surface area contributed by atoms with E-state index in [1.165, 1.54) is 23.7 Å². The molecule has 6 nitrogen and oxygen atoms in total. The Balaban J connectivity index is 1.64. The molecule has 4 rings (SSSR count). The second-order valence-corrected chi connectivity index (χ2v) is 6.91. The predicted molar refractivity (Wildman–Crippen MR) is 99.7 cm³/mol. The zero-order valence-electron chi connectivity index (χ0n) is 14.4. The third kappa shape index (κ3) is 3.01. The van der Waals surface area contributed by atoms with Crippen molar-refractivity contribution in [3.05, 3.63) is 36.4 Å². The van der Waals surface area contributed by atoms with Crippen LogP contribution in [0, 0.1) is 5.82 Å². The Morgan fingerprint density at radius 2 is 1.88 bits per heavy atom. The Morgan fingerprint density at radius 1 is 1.15 bits per heavy atom. The lowest BCUT2D eigenvalue weighted by Crippen LogP contribution is -2.48. The Hall–Kier alpha value is -2.61. The Morgan fingerprint density at radius 3 is 2.58 bits per heavy atom. The van der Waals surface area contributed by atoms with Crippen molar-refractivity contribution in [3.63, 3.8) is 0 Å². The maximum Gasteiger partial charge on any atom is 0.222 e. The number of amides is 1. The number of hydrogen-bond acceptors (Lipinski definition) is 6. The van der Waals surface area contributed by atoms with E-state index in [0.29, 0.717) is 19.5 Å². The van der Waals surface area contributed by atoms with E-state index in [2.05, 4.69) is 19.2 Å². The summed E-state index contributed by atoms with van der Waals surface area (Å²) in [7, 11) is 0. The molecule has 0 N–H and O–H groups in total. The van der Waals surface area contributed by atoms with E-state index in [0.717, 1.165) is 40.4 Å². The fraction of sp³-hybridized carbons (Fsp3) is 0.333. The highest BCUT2D eigenvalue weighted by molar-refractivity contribution is 7.14. The number of benzene rings is 1. The van der Waals surface area contributed by atoms with Crippen molar-refractivity contribution in [2.45, 2.75) is 13.3 Å². The molecule has 0 aliphatic carbocycles. The first-order chi connectivity index (χ1) is 12.7. The molecule has 3 heterocycles. The van der Waals surface area contributed by atoms with Gasteiger partial charge in [-0.2, -0.15) is 4.37 Å². The van der Waals surface area contributed by atoms with E-state index in [1.54, 1.807) is 18.5 Å². The average Bonchev–Trinajstić information content (AvgIpc) is 3.12. The molecule has 0 atom stereocenters. The lowest BCUT2D eigenvalue weighted by Gasteiger charge is -2.35. The molecule has 1 amide bonds. The van der Waals surface area contributed by atoms with Crippen molar-refractivity contribution in [2.24, 2.45) is 0 Å². The first-order valence-corrected chi connectivity index (χ1v) is 9.33. The van der Waals surface area contributed by atoms with Crippen molar-refractivity contribution in [1.29, 1.82) is 0 Å². The fourth-order valence-corrected chi connectivity index (χ4v) is 4.04. The quantitative estimate of drug-likeness (QED) is 0.708. The maximum atomic E-state index is 13.2. The largest absolute Gasteiger partial charge is 0.352 e. The Kier molecular flexibility index (Phi) is 4.50. The number of anilines is 1. The minimum absolute atomic E-state index is 0.189. The molecule has 2 aromatic heterocycles. The average molecular weight is 371 g/mol. The molecule has 0 saturated carbocycles. The highest BCUT2D eigenvalue weighted by Crippen LogP contribution is 2.34. The summed E-state index contributed by atoms with van der Waals surface area (Å²) in [5, 5.41) is 0. The topological polar surface area (TPSA) is 62.2 Å². The van der Waals surface area contributed by atoms with Gasteiger partial charge in [0.05, 0.1) is 0 Å². The van der Waals surface area contributed by atoms with E-state index < -0.39 is 0 Å². The maximum absolute atomic E-state index is 13.2. The normalized spacial score (nSPS) is 14.8.